The number of methoxy groups -OCH3 is 1. The summed E-state index contributed by atoms with van der Waals surface area (Å²) in [6.07, 6.45) is 6.59. The number of nitrogens with one attached hydrogen (secondary N) is 1. The third-order valence-corrected chi connectivity index (χ3v) is 7.66. The first kappa shape index (κ1) is 25.2. The lowest BCUT2D eigenvalue weighted by molar-refractivity contribution is 0.272. The summed E-state index contributed by atoms with van der Waals surface area (Å²) in [5, 5.41) is 12.2. The van der Waals surface area contributed by atoms with Crippen LogP contribution in [-0.2, 0) is 9.84 Å². The van der Waals surface area contributed by atoms with Gasteiger partial charge in [-0.3, -0.25) is 15.0 Å². The van der Waals surface area contributed by atoms with Gasteiger partial charge in [-0.15, -0.1) is 0 Å². The van der Waals surface area contributed by atoms with Crippen LogP contribution in [0.5, 0.6) is 5.75 Å². The van der Waals surface area contributed by atoms with Gasteiger partial charge in [0.1, 0.15) is 16.2 Å². The largest absolute Gasteiger partial charge is 0.493 e. The van der Waals surface area contributed by atoms with E-state index >= 15 is 0 Å². The number of nitrogens with zero attached hydrogens (tertiary/aromatic N) is 7. The molecule has 0 radical (unpaired) electrons. The number of aromatic amines is 1. The number of ether oxygens (including phenoxy) is 1. The Morgan fingerprint density at radius 3 is 2.57 bits per heavy atom. The van der Waals surface area contributed by atoms with E-state index in [-0.39, 0.29) is 11.7 Å². The fourth-order valence-corrected chi connectivity index (χ4v) is 5.34. The highest BCUT2D eigenvalue weighted by molar-refractivity contribution is 7.90. The van der Waals surface area contributed by atoms with Crippen molar-refractivity contribution in [2.75, 3.05) is 56.7 Å². The van der Waals surface area contributed by atoms with Crippen molar-refractivity contribution in [3.63, 3.8) is 0 Å². The number of pyridine rings is 2. The van der Waals surface area contributed by atoms with Gasteiger partial charge in [0.05, 0.1) is 41.8 Å². The fourth-order valence-electron chi connectivity index (χ4n) is 4.75. The Hall–Kier alpha value is -3.51. The van der Waals surface area contributed by atoms with Crippen LogP contribution in [-0.4, -0.2) is 94.9 Å². The van der Waals surface area contributed by atoms with Gasteiger partial charge in [-0.2, -0.15) is 10.2 Å². The van der Waals surface area contributed by atoms with E-state index in [2.05, 4.69) is 50.0 Å². The number of anilines is 1. The molecule has 0 bridgehead atoms. The number of H-pyrrole nitrogens is 1. The summed E-state index contributed by atoms with van der Waals surface area (Å²) in [5.74, 6) is 1.03. The van der Waals surface area contributed by atoms with Gasteiger partial charge < -0.3 is 9.64 Å². The van der Waals surface area contributed by atoms with E-state index in [9.17, 15) is 8.42 Å². The second-order valence-corrected chi connectivity index (χ2v) is 12.0. The minimum atomic E-state index is -2.94. The van der Waals surface area contributed by atoms with Gasteiger partial charge in [0, 0.05) is 56.3 Å². The topological polar surface area (TPSA) is 122 Å². The van der Waals surface area contributed by atoms with Gasteiger partial charge in [0.2, 0.25) is 0 Å². The highest BCUT2D eigenvalue weighted by Crippen LogP contribution is 2.36. The van der Waals surface area contributed by atoms with Crippen LogP contribution >= 0.6 is 0 Å². The molecule has 1 N–H and O–H groups in total. The number of hydrogen-bond donors (Lipinski definition) is 1. The maximum Gasteiger partial charge on any atom is 0.197 e. The molecular weight excluding hydrogens is 492 g/mol. The highest BCUT2D eigenvalue weighted by Gasteiger charge is 2.23. The summed E-state index contributed by atoms with van der Waals surface area (Å²) in [7, 11) is -1.32. The minimum Gasteiger partial charge on any atom is -0.493 e. The van der Waals surface area contributed by atoms with Gasteiger partial charge in [0.15, 0.2) is 11.4 Å². The molecule has 12 heteroatoms. The first-order valence-electron chi connectivity index (χ1n) is 12.3. The molecular formula is C25H32N8O3S. The zero-order chi connectivity index (χ0) is 26.2. The molecule has 0 aromatic carbocycles. The van der Waals surface area contributed by atoms with E-state index < -0.39 is 9.84 Å². The van der Waals surface area contributed by atoms with E-state index in [0.717, 1.165) is 60.1 Å². The van der Waals surface area contributed by atoms with Crippen LogP contribution in [0.3, 0.4) is 0 Å². The Balaban J connectivity index is 1.36. The molecule has 1 fully saturated rings. The van der Waals surface area contributed by atoms with Crippen molar-refractivity contribution >= 4 is 21.2 Å². The first-order valence-corrected chi connectivity index (χ1v) is 14.4. The number of hydrogen-bond acceptors (Lipinski definition) is 9. The molecule has 0 spiro atoms. The second-order valence-electron chi connectivity index (χ2n) is 9.70. The average molecular weight is 525 g/mol. The molecule has 1 saturated heterocycles. The fraction of sp³-hybridized carbons (Fsp3) is 0.440. The summed E-state index contributed by atoms with van der Waals surface area (Å²) >= 11 is 0. The van der Waals surface area contributed by atoms with Gasteiger partial charge in [0.25, 0.3) is 0 Å². The molecule has 1 aliphatic rings. The monoisotopic (exact) mass is 524 g/mol. The normalized spacial score (nSPS) is 15.1. The maximum absolute atomic E-state index is 11.5. The van der Waals surface area contributed by atoms with Gasteiger partial charge in [-0.1, -0.05) is 13.8 Å². The lowest BCUT2D eigenvalue weighted by atomic mass is 9.96. The van der Waals surface area contributed by atoms with E-state index in [1.807, 2.05) is 24.5 Å². The molecule has 1 aliphatic heterocycles. The van der Waals surface area contributed by atoms with Crippen LogP contribution in [0.15, 0.2) is 36.9 Å². The molecule has 196 valence electrons. The lowest BCUT2D eigenvalue weighted by Crippen LogP contribution is -2.47. The van der Waals surface area contributed by atoms with E-state index in [0.29, 0.717) is 17.9 Å². The Morgan fingerprint density at radius 1 is 1.14 bits per heavy atom. The van der Waals surface area contributed by atoms with Crippen molar-refractivity contribution in [3.05, 3.63) is 42.5 Å². The SMILES string of the molecule is COc1cc(-c2n[nH]c(-c3ccc(N4CCN(CCS(C)(=O)=O)CC4)cn3)c2C(C)C)cn2ncnc12. The van der Waals surface area contributed by atoms with Crippen molar-refractivity contribution in [3.8, 4) is 28.4 Å². The molecule has 0 amide bonds. The second kappa shape index (κ2) is 10.1. The third kappa shape index (κ3) is 5.30. The number of fused-ring (bicyclic) bond motifs is 1. The number of sulfone groups is 1. The van der Waals surface area contributed by atoms with E-state index in [4.69, 9.17) is 9.72 Å². The van der Waals surface area contributed by atoms with Crippen molar-refractivity contribution in [2.24, 2.45) is 0 Å². The molecule has 11 nitrogen and oxygen atoms in total. The van der Waals surface area contributed by atoms with Gasteiger partial charge in [-0.05, 0) is 24.1 Å². The molecule has 37 heavy (non-hydrogen) atoms. The summed E-state index contributed by atoms with van der Waals surface area (Å²) in [6.45, 7) is 8.20. The predicted octanol–water partition coefficient (Wildman–Crippen LogP) is 2.48. The molecule has 5 rings (SSSR count). The Bertz CT molecular complexity index is 1490. The summed E-state index contributed by atoms with van der Waals surface area (Å²) in [4.78, 5) is 13.5. The van der Waals surface area contributed by atoms with Crippen LogP contribution in [0, 0.1) is 0 Å². The molecule has 4 aromatic heterocycles. The van der Waals surface area contributed by atoms with Crippen LogP contribution < -0.4 is 9.64 Å². The van der Waals surface area contributed by atoms with E-state index in [1.165, 1.54) is 12.6 Å². The third-order valence-electron chi connectivity index (χ3n) is 6.74. The Labute approximate surface area is 216 Å². The molecule has 5 heterocycles. The number of rotatable bonds is 8. The summed E-state index contributed by atoms with van der Waals surface area (Å²) in [6, 6.07) is 6.04. The standard InChI is InChI=1S/C25H32N8O3S/c1-17(2)22-23(18-13-21(36-3)25-27-16-28-33(25)15-18)29-30-24(22)20-6-5-19(14-26-20)32-9-7-31(8-10-32)11-12-37(4,34)35/h5-6,13-17H,7-12H2,1-4H3,(H,29,30). The molecule has 4 aromatic rings. The highest BCUT2D eigenvalue weighted by atomic mass is 32.2. The first-order chi connectivity index (χ1) is 17.7. The maximum atomic E-state index is 11.5. The van der Waals surface area contributed by atoms with Crippen molar-refractivity contribution in [1.82, 2.24) is 34.7 Å². The zero-order valence-electron chi connectivity index (χ0n) is 21.5. The quantitative estimate of drug-likeness (QED) is 0.370. The van der Waals surface area contributed by atoms with Crippen LogP contribution in [0.1, 0.15) is 25.3 Å². The summed E-state index contributed by atoms with van der Waals surface area (Å²) < 4.78 is 30.2. The minimum absolute atomic E-state index is 0.197. The van der Waals surface area contributed by atoms with Gasteiger partial charge in [-0.25, -0.2) is 17.9 Å². The smallest absolute Gasteiger partial charge is 0.197 e. The zero-order valence-corrected chi connectivity index (χ0v) is 22.4. The number of piperazine rings is 1. The predicted molar refractivity (Wildman–Crippen MR) is 143 cm³/mol. The molecule has 0 unspecified atom stereocenters. The lowest BCUT2D eigenvalue weighted by Gasteiger charge is -2.35. The van der Waals surface area contributed by atoms with Crippen LogP contribution in [0.4, 0.5) is 5.69 Å². The van der Waals surface area contributed by atoms with E-state index in [1.54, 1.807) is 11.6 Å². The van der Waals surface area contributed by atoms with Crippen molar-refractivity contribution < 1.29 is 13.2 Å². The average Bonchev–Trinajstić information content (AvgIpc) is 3.54. The molecule has 0 atom stereocenters. The Kier molecular flexibility index (Phi) is 6.86. The molecule has 0 aliphatic carbocycles. The van der Waals surface area contributed by atoms with Crippen LogP contribution in [0.2, 0.25) is 0 Å². The van der Waals surface area contributed by atoms with Crippen molar-refractivity contribution in [2.45, 2.75) is 19.8 Å². The van der Waals surface area contributed by atoms with Gasteiger partial charge >= 0.3 is 0 Å². The van der Waals surface area contributed by atoms with Crippen molar-refractivity contribution in [1.29, 1.82) is 0 Å². The number of aromatic nitrogens is 6. The Morgan fingerprint density at radius 2 is 1.92 bits per heavy atom. The summed E-state index contributed by atoms with van der Waals surface area (Å²) in [5.41, 5.74) is 6.20. The molecule has 0 saturated carbocycles. The van der Waals surface area contributed by atoms with Crippen LogP contribution in [0.25, 0.3) is 28.3 Å².